The van der Waals surface area contributed by atoms with E-state index in [1.807, 2.05) is 82.4 Å². The highest BCUT2D eigenvalue weighted by Crippen LogP contribution is 2.33. The van der Waals surface area contributed by atoms with E-state index in [-0.39, 0.29) is 41.2 Å². The Morgan fingerprint density at radius 3 is 1.50 bits per heavy atom. The molecule has 4 N–H and O–H groups in total. The van der Waals surface area contributed by atoms with E-state index in [2.05, 4.69) is 54.7 Å². The lowest BCUT2D eigenvalue weighted by Gasteiger charge is -2.33. The Kier molecular flexibility index (Phi) is 28.9. The first kappa shape index (κ1) is 62.1. The summed E-state index contributed by atoms with van der Waals surface area (Å²) < 4.78 is 24.4. The van der Waals surface area contributed by atoms with Crippen molar-refractivity contribution in [3.05, 3.63) is 0 Å². The van der Waals surface area contributed by atoms with Gasteiger partial charge in [0.25, 0.3) is 5.91 Å². The van der Waals surface area contributed by atoms with Gasteiger partial charge < -0.3 is 40.2 Å². The molecule has 15 heteroatoms. The van der Waals surface area contributed by atoms with Crippen molar-refractivity contribution < 1.29 is 42.9 Å². The van der Waals surface area contributed by atoms with E-state index in [1.165, 1.54) is 11.8 Å². The van der Waals surface area contributed by atoms with Crippen LogP contribution in [0.25, 0.3) is 0 Å². The van der Waals surface area contributed by atoms with Gasteiger partial charge in [-0.05, 0) is 137 Å². The van der Waals surface area contributed by atoms with Gasteiger partial charge in [-0.2, -0.15) is 12.6 Å². The number of thioether (sulfide) groups is 1. The fraction of sp³-hybridized carbons (Fsp3) is 0.898. The minimum absolute atomic E-state index is 0.0234. The molecule has 0 aromatic heterocycles. The van der Waals surface area contributed by atoms with Crippen molar-refractivity contribution in [1.82, 2.24) is 21.3 Å². The highest BCUT2D eigenvalue weighted by atomic mass is 32.2. The predicted molar refractivity (Wildman–Crippen MR) is 266 cm³/mol. The van der Waals surface area contributed by atoms with Crippen LogP contribution in [0.15, 0.2) is 0 Å². The maximum absolute atomic E-state index is 13.7. The molecule has 13 nitrogen and oxygen atoms in total. The lowest BCUT2D eigenvalue weighted by Crippen LogP contribution is -2.56. The third-order valence-corrected chi connectivity index (χ3v) is 12.7. The Morgan fingerprint density at radius 2 is 0.984 bits per heavy atom. The summed E-state index contributed by atoms with van der Waals surface area (Å²) in [6.07, 6.45) is 9.64. The molecule has 376 valence electrons. The molecule has 1 atom stereocenters. The van der Waals surface area contributed by atoms with E-state index in [9.17, 15) is 24.0 Å². The van der Waals surface area contributed by atoms with Crippen LogP contribution in [0, 0.1) is 10.8 Å². The van der Waals surface area contributed by atoms with Gasteiger partial charge >= 0.3 is 0 Å². The Hall–Kier alpha value is -1.91. The first-order valence-corrected chi connectivity index (χ1v) is 25.7. The third-order valence-electron chi connectivity index (χ3n) is 11.2. The minimum Gasteiger partial charge on any atom is -0.375 e. The van der Waals surface area contributed by atoms with Gasteiger partial charge in [0.1, 0.15) is 5.78 Å². The number of ketones is 1. The fourth-order valence-electron chi connectivity index (χ4n) is 7.18. The van der Waals surface area contributed by atoms with Crippen LogP contribution in [0.3, 0.4) is 0 Å². The molecular formula is C49H94N4O9S2. The molecule has 0 aliphatic carbocycles. The van der Waals surface area contributed by atoms with Crippen LogP contribution in [0.4, 0.5) is 0 Å². The number of ether oxygens (including phenoxy) is 4. The van der Waals surface area contributed by atoms with Gasteiger partial charge in [-0.1, -0.05) is 41.5 Å². The molecule has 0 saturated heterocycles. The van der Waals surface area contributed by atoms with Crippen LogP contribution >= 0.6 is 24.4 Å². The van der Waals surface area contributed by atoms with Crippen LogP contribution in [0.5, 0.6) is 0 Å². The number of Topliss-reactive ketones (excluding diaryl/α,β-unsaturated/α-hetero) is 1. The van der Waals surface area contributed by atoms with E-state index in [1.54, 1.807) is 0 Å². The van der Waals surface area contributed by atoms with E-state index in [0.717, 1.165) is 25.0 Å². The SMILES string of the molecule is CCC(=O)CCOC(C)(C)CCOC(C)(C)CCC(=O)NCCCC[C@](NC(=O)CCC(C)(C)OCCC(C)(C)OCCNC(=O)C(C)(C)CC(C)(C)C)(SC)C(=O)NCCCCS. The molecule has 0 spiro atoms. The summed E-state index contributed by atoms with van der Waals surface area (Å²) in [4.78, 5) is 63.2. The number of nitrogens with one attached hydrogen (secondary N) is 4. The summed E-state index contributed by atoms with van der Waals surface area (Å²) in [5, 5.41) is 12.1. The average molecular weight is 947 g/mol. The Morgan fingerprint density at radius 1 is 0.516 bits per heavy atom. The molecule has 0 bridgehead atoms. The van der Waals surface area contributed by atoms with Gasteiger partial charge in [0.15, 0.2) is 4.87 Å². The quantitative estimate of drug-likeness (QED) is 0.0231. The van der Waals surface area contributed by atoms with E-state index in [0.29, 0.717) is 110 Å². The highest BCUT2D eigenvalue weighted by molar-refractivity contribution is 8.00. The summed E-state index contributed by atoms with van der Waals surface area (Å²) in [6, 6.07) is 0. The topological polar surface area (TPSA) is 170 Å². The molecule has 0 aliphatic heterocycles. The van der Waals surface area contributed by atoms with E-state index in [4.69, 9.17) is 18.9 Å². The zero-order valence-electron chi connectivity index (χ0n) is 43.1. The number of hydrogen-bond donors (Lipinski definition) is 5. The summed E-state index contributed by atoms with van der Waals surface area (Å²) in [6.45, 7) is 31.1. The normalized spacial score (nSPS) is 13.9. The van der Waals surface area contributed by atoms with Gasteiger partial charge in [0.2, 0.25) is 17.7 Å². The van der Waals surface area contributed by atoms with Crippen molar-refractivity contribution in [2.45, 2.75) is 214 Å². The largest absolute Gasteiger partial charge is 0.375 e. The monoisotopic (exact) mass is 947 g/mol. The lowest BCUT2D eigenvalue weighted by atomic mass is 9.76. The van der Waals surface area contributed by atoms with Crippen LogP contribution < -0.4 is 21.3 Å². The van der Waals surface area contributed by atoms with Crippen molar-refractivity contribution in [2.75, 3.05) is 58.1 Å². The van der Waals surface area contributed by atoms with Crippen molar-refractivity contribution in [3.8, 4) is 0 Å². The third kappa shape index (κ3) is 29.7. The minimum atomic E-state index is -1.16. The summed E-state index contributed by atoms with van der Waals surface area (Å²) in [5.74, 6) is 0.414. The van der Waals surface area contributed by atoms with Gasteiger partial charge in [-0.25, -0.2) is 0 Å². The molecule has 0 radical (unpaired) electrons. The van der Waals surface area contributed by atoms with Crippen LogP contribution in [0.1, 0.15) is 187 Å². The average Bonchev–Trinajstić information content (AvgIpc) is 3.17. The molecule has 0 aromatic carbocycles. The fourth-order valence-corrected chi connectivity index (χ4v) is 8.23. The van der Waals surface area contributed by atoms with Crippen LogP contribution in [0.2, 0.25) is 0 Å². The summed E-state index contributed by atoms with van der Waals surface area (Å²) >= 11 is 5.60. The molecule has 0 rings (SSSR count). The summed E-state index contributed by atoms with van der Waals surface area (Å²) in [5.41, 5.74) is -2.40. The second-order valence-corrected chi connectivity index (χ2v) is 23.1. The van der Waals surface area contributed by atoms with Crippen LogP contribution in [-0.2, 0) is 42.9 Å². The van der Waals surface area contributed by atoms with Gasteiger partial charge in [0, 0.05) is 50.7 Å². The molecule has 64 heavy (non-hydrogen) atoms. The van der Waals surface area contributed by atoms with E-state index >= 15 is 0 Å². The Balaban J connectivity index is 5.03. The number of thiol groups is 1. The molecular weight excluding hydrogens is 853 g/mol. The predicted octanol–water partition coefficient (Wildman–Crippen LogP) is 8.74. The van der Waals surface area contributed by atoms with Crippen molar-refractivity contribution in [1.29, 1.82) is 0 Å². The lowest BCUT2D eigenvalue weighted by molar-refractivity contribution is -0.132. The zero-order chi connectivity index (χ0) is 49.3. The number of unbranched alkanes of at least 4 members (excludes halogenated alkanes) is 2. The second kappa shape index (κ2) is 29.8. The molecule has 0 aromatic rings. The molecule has 0 fully saturated rings. The standard InChI is InChI=1S/C49H94N4O9S2/c1-16-38(54)23-32-59-47(11,12)27-33-60-45(7,8)25-21-39(55)50-29-18-17-24-49(64-15,42(58)51-30-19-20-36-63)53-40(56)22-26-46(9,10)61-34-28-48(13,14)62-35-31-52-41(57)44(5,6)37-43(2,3)4/h63H,16-37H2,1-15H3,(H,50,55)(H,51,58)(H,52,57)(H,53,56)/t49-/m0/s1. The number of amides is 4. The second-order valence-electron chi connectivity index (χ2n) is 21.5. The molecule has 0 aliphatic rings. The zero-order valence-corrected chi connectivity index (χ0v) is 44.8. The van der Waals surface area contributed by atoms with Gasteiger partial charge in [-0.3, -0.25) is 24.0 Å². The highest BCUT2D eigenvalue weighted by Gasteiger charge is 2.39. The summed E-state index contributed by atoms with van der Waals surface area (Å²) in [7, 11) is 0. The first-order chi connectivity index (χ1) is 29.4. The van der Waals surface area contributed by atoms with Crippen molar-refractivity contribution in [2.24, 2.45) is 10.8 Å². The molecule has 4 amide bonds. The molecule has 0 saturated carbocycles. The maximum atomic E-state index is 13.7. The van der Waals surface area contributed by atoms with Crippen molar-refractivity contribution >= 4 is 53.8 Å². The Labute approximate surface area is 399 Å². The number of carbonyl (C=O) groups is 5. The molecule has 0 heterocycles. The smallest absolute Gasteiger partial charge is 0.256 e. The first-order valence-electron chi connectivity index (χ1n) is 23.8. The Bertz CT molecular complexity index is 1400. The number of carbonyl (C=O) groups excluding carboxylic acids is 5. The van der Waals surface area contributed by atoms with Gasteiger partial charge in [0.05, 0.1) is 48.8 Å². The van der Waals surface area contributed by atoms with Crippen LogP contribution in [-0.4, -0.2) is 115 Å². The maximum Gasteiger partial charge on any atom is 0.256 e. The van der Waals surface area contributed by atoms with E-state index < -0.39 is 32.7 Å². The van der Waals surface area contributed by atoms with Gasteiger partial charge in [-0.15, -0.1) is 11.8 Å². The number of rotatable bonds is 37. The van der Waals surface area contributed by atoms with Crippen molar-refractivity contribution in [3.63, 3.8) is 0 Å². The number of hydrogen-bond acceptors (Lipinski definition) is 11. The molecule has 0 unspecified atom stereocenters.